The first-order valence-electron chi connectivity index (χ1n) is 10.5. The van der Waals surface area contributed by atoms with Gasteiger partial charge in [0.1, 0.15) is 0 Å². The molecule has 0 bridgehead atoms. The van der Waals surface area contributed by atoms with Crippen LogP contribution in [0.1, 0.15) is 36.8 Å². The zero-order valence-electron chi connectivity index (χ0n) is 18.1. The molecule has 0 aliphatic heterocycles. The Labute approximate surface area is 184 Å². The molecular weight excluding hydrogens is 414 g/mol. The minimum Gasteiger partial charge on any atom is -0.353 e. The van der Waals surface area contributed by atoms with Gasteiger partial charge in [-0.15, -0.1) is 0 Å². The molecule has 1 amide bonds. The van der Waals surface area contributed by atoms with Crippen molar-refractivity contribution >= 4 is 28.8 Å². The summed E-state index contributed by atoms with van der Waals surface area (Å²) in [4.78, 5) is 42.4. The van der Waals surface area contributed by atoms with Crippen LogP contribution in [0.2, 0.25) is 0 Å². The van der Waals surface area contributed by atoms with Gasteiger partial charge >= 0.3 is 5.69 Å². The first-order chi connectivity index (χ1) is 14.8. The van der Waals surface area contributed by atoms with E-state index < -0.39 is 5.69 Å². The van der Waals surface area contributed by atoms with Crippen molar-refractivity contribution in [2.75, 3.05) is 5.75 Å². The average Bonchev–Trinajstić information content (AvgIpc) is 3.39. The predicted molar refractivity (Wildman–Crippen MR) is 122 cm³/mol. The molecule has 31 heavy (non-hydrogen) atoms. The maximum Gasteiger partial charge on any atom is 0.332 e. The van der Waals surface area contributed by atoms with Crippen molar-refractivity contribution in [3.8, 4) is 0 Å². The SMILES string of the molecule is Cc1ccc(Cn2c(SCC(=O)NC3CCCC3)nc3c2c(=O)n(C)c(=O)n3C)cc1. The van der Waals surface area contributed by atoms with E-state index in [2.05, 4.69) is 10.3 Å². The first-order valence-corrected chi connectivity index (χ1v) is 11.5. The molecule has 1 N–H and O–H groups in total. The number of rotatable bonds is 6. The Bertz CT molecular complexity index is 1230. The largest absolute Gasteiger partial charge is 0.353 e. The predicted octanol–water partition coefficient (Wildman–Crippen LogP) is 1.94. The lowest BCUT2D eigenvalue weighted by atomic mass is 10.1. The molecule has 9 heteroatoms. The van der Waals surface area contributed by atoms with Crippen molar-refractivity contribution < 1.29 is 4.79 Å². The molecule has 0 spiro atoms. The number of fused-ring (bicyclic) bond motifs is 1. The summed E-state index contributed by atoms with van der Waals surface area (Å²) in [6, 6.07) is 8.31. The van der Waals surface area contributed by atoms with Gasteiger partial charge in [-0.05, 0) is 25.3 Å². The van der Waals surface area contributed by atoms with Gasteiger partial charge in [0.25, 0.3) is 5.56 Å². The lowest BCUT2D eigenvalue weighted by Crippen LogP contribution is -2.37. The first kappa shape index (κ1) is 21.4. The highest BCUT2D eigenvalue weighted by Crippen LogP contribution is 2.24. The van der Waals surface area contributed by atoms with E-state index in [1.165, 1.54) is 23.4 Å². The normalized spacial score (nSPS) is 14.4. The molecule has 164 valence electrons. The third-order valence-electron chi connectivity index (χ3n) is 5.83. The van der Waals surface area contributed by atoms with E-state index in [1.807, 2.05) is 35.8 Å². The summed E-state index contributed by atoms with van der Waals surface area (Å²) < 4.78 is 4.29. The lowest BCUT2D eigenvalue weighted by molar-refractivity contribution is -0.119. The molecule has 8 nitrogen and oxygen atoms in total. The molecule has 1 aliphatic rings. The van der Waals surface area contributed by atoms with Crippen LogP contribution in [0, 0.1) is 6.92 Å². The summed E-state index contributed by atoms with van der Waals surface area (Å²) in [5.74, 6) is 0.176. The average molecular weight is 442 g/mol. The fourth-order valence-corrected chi connectivity index (χ4v) is 4.84. The Kier molecular flexibility index (Phi) is 6.04. The molecule has 0 unspecified atom stereocenters. The number of imidazole rings is 1. The number of thioether (sulfide) groups is 1. The van der Waals surface area contributed by atoms with E-state index in [0.717, 1.165) is 41.4 Å². The van der Waals surface area contributed by atoms with Crippen LogP contribution in [0.5, 0.6) is 0 Å². The minimum atomic E-state index is -0.423. The number of benzene rings is 1. The van der Waals surface area contributed by atoms with Gasteiger partial charge in [0, 0.05) is 20.1 Å². The summed E-state index contributed by atoms with van der Waals surface area (Å²) in [5, 5.41) is 3.63. The lowest BCUT2D eigenvalue weighted by Gasteiger charge is -2.12. The zero-order valence-corrected chi connectivity index (χ0v) is 18.9. The molecule has 1 aliphatic carbocycles. The van der Waals surface area contributed by atoms with Crippen molar-refractivity contribution in [1.82, 2.24) is 24.0 Å². The van der Waals surface area contributed by atoms with Crippen LogP contribution < -0.4 is 16.6 Å². The second-order valence-electron chi connectivity index (χ2n) is 8.18. The van der Waals surface area contributed by atoms with Gasteiger partial charge in [-0.1, -0.05) is 54.4 Å². The molecule has 2 heterocycles. The van der Waals surface area contributed by atoms with E-state index in [1.54, 1.807) is 7.05 Å². The van der Waals surface area contributed by atoms with E-state index in [-0.39, 0.29) is 23.3 Å². The highest BCUT2D eigenvalue weighted by molar-refractivity contribution is 7.99. The number of nitrogens with one attached hydrogen (secondary N) is 1. The second kappa shape index (κ2) is 8.74. The monoisotopic (exact) mass is 441 g/mol. The molecule has 1 fully saturated rings. The molecular formula is C22H27N5O3S. The zero-order chi connectivity index (χ0) is 22.1. The van der Waals surface area contributed by atoms with Gasteiger partial charge in [-0.2, -0.15) is 0 Å². The van der Waals surface area contributed by atoms with E-state index >= 15 is 0 Å². The van der Waals surface area contributed by atoms with Crippen LogP contribution in [0.15, 0.2) is 39.0 Å². The van der Waals surface area contributed by atoms with Crippen molar-refractivity contribution in [3.05, 3.63) is 56.2 Å². The highest BCUT2D eigenvalue weighted by Gasteiger charge is 2.21. The van der Waals surface area contributed by atoms with Crippen molar-refractivity contribution in [2.24, 2.45) is 14.1 Å². The molecule has 1 saturated carbocycles. The molecule has 2 aromatic heterocycles. The van der Waals surface area contributed by atoms with Crippen LogP contribution in [0.3, 0.4) is 0 Å². The molecule has 1 aromatic carbocycles. The van der Waals surface area contributed by atoms with Crippen molar-refractivity contribution in [1.29, 1.82) is 0 Å². The van der Waals surface area contributed by atoms with Gasteiger partial charge in [-0.25, -0.2) is 9.78 Å². The van der Waals surface area contributed by atoms with E-state index in [9.17, 15) is 14.4 Å². The number of hydrogen-bond donors (Lipinski definition) is 1. The van der Waals surface area contributed by atoms with Gasteiger partial charge in [0.15, 0.2) is 16.3 Å². The quantitative estimate of drug-likeness (QED) is 0.591. The summed E-state index contributed by atoms with van der Waals surface area (Å²) in [6.07, 6.45) is 4.37. The van der Waals surface area contributed by atoms with Crippen LogP contribution >= 0.6 is 11.8 Å². The summed E-state index contributed by atoms with van der Waals surface area (Å²) in [7, 11) is 3.07. The fraction of sp³-hybridized carbons (Fsp3) is 0.455. The number of nitrogens with zero attached hydrogens (tertiary/aromatic N) is 4. The number of aromatic nitrogens is 4. The van der Waals surface area contributed by atoms with Gasteiger partial charge in [-0.3, -0.25) is 18.7 Å². The maximum absolute atomic E-state index is 12.9. The van der Waals surface area contributed by atoms with Crippen LogP contribution in [-0.4, -0.2) is 36.4 Å². The highest BCUT2D eigenvalue weighted by atomic mass is 32.2. The number of hydrogen-bond acceptors (Lipinski definition) is 5. The summed E-state index contributed by atoms with van der Waals surface area (Å²) in [6.45, 7) is 2.45. The molecule has 0 radical (unpaired) electrons. The Morgan fingerprint density at radius 3 is 2.48 bits per heavy atom. The third kappa shape index (κ3) is 4.32. The third-order valence-corrected chi connectivity index (χ3v) is 6.80. The Morgan fingerprint density at radius 2 is 1.81 bits per heavy atom. The summed E-state index contributed by atoms with van der Waals surface area (Å²) in [5.41, 5.74) is 2.05. The van der Waals surface area contributed by atoms with Crippen molar-refractivity contribution in [2.45, 2.75) is 50.4 Å². The second-order valence-corrected chi connectivity index (χ2v) is 9.12. The van der Waals surface area contributed by atoms with E-state index in [0.29, 0.717) is 22.9 Å². The van der Waals surface area contributed by atoms with Crippen molar-refractivity contribution in [3.63, 3.8) is 0 Å². The minimum absolute atomic E-state index is 0.0346. The van der Waals surface area contributed by atoms with Gasteiger partial charge in [0.05, 0.1) is 12.3 Å². The maximum atomic E-state index is 12.9. The fourth-order valence-electron chi connectivity index (χ4n) is 4.03. The summed E-state index contributed by atoms with van der Waals surface area (Å²) >= 11 is 1.29. The van der Waals surface area contributed by atoms with Crippen LogP contribution in [0.4, 0.5) is 0 Å². The molecule has 4 rings (SSSR count). The number of carbonyl (C=O) groups is 1. The van der Waals surface area contributed by atoms with Crippen LogP contribution in [-0.2, 0) is 25.4 Å². The van der Waals surface area contributed by atoms with Gasteiger partial charge in [0.2, 0.25) is 5.91 Å². The molecule has 3 aromatic rings. The number of amides is 1. The Morgan fingerprint density at radius 1 is 1.13 bits per heavy atom. The number of carbonyl (C=O) groups excluding carboxylic acids is 1. The Hall–Kier alpha value is -2.81. The molecule has 0 atom stereocenters. The Balaban J connectivity index is 1.70. The number of aryl methyl sites for hydroxylation is 2. The smallest absolute Gasteiger partial charge is 0.332 e. The molecule has 0 saturated heterocycles. The van der Waals surface area contributed by atoms with Gasteiger partial charge < -0.3 is 9.88 Å². The van der Waals surface area contributed by atoms with E-state index in [4.69, 9.17) is 0 Å². The van der Waals surface area contributed by atoms with Crippen LogP contribution in [0.25, 0.3) is 11.2 Å². The topological polar surface area (TPSA) is 90.9 Å². The standard InChI is InChI=1S/C22H27N5O3S/c1-14-8-10-15(11-9-14)12-27-18-19(25(2)22(30)26(3)20(18)29)24-21(27)31-13-17(28)23-16-6-4-5-7-16/h8-11,16H,4-7,12-13H2,1-3H3,(H,23,28).